The Kier molecular flexibility index (Phi) is 5.40. The zero-order chi connectivity index (χ0) is 19.6. The van der Waals surface area contributed by atoms with E-state index in [4.69, 9.17) is 5.14 Å². The average Bonchev–Trinajstić information content (AvgIpc) is 3.02. The van der Waals surface area contributed by atoms with Gasteiger partial charge in [-0.05, 0) is 45.8 Å². The van der Waals surface area contributed by atoms with Crippen molar-refractivity contribution in [2.75, 3.05) is 5.32 Å². The van der Waals surface area contributed by atoms with Gasteiger partial charge in [0.15, 0.2) is 0 Å². The summed E-state index contributed by atoms with van der Waals surface area (Å²) < 4.78 is 39.6. The Hall–Kier alpha value is -2.56. The third-order valence-electron chi connectivity index (χ3n) is 3.66. The number of carbonyl (C=O) groups excluding carboxylic acids is 1. The summed E-state index contributed by atoms with van der Waals surface area (Å²) >= 11 is 3.24. The predicted molar refractivity (Wildman–Crippen MR) is 101 cm³/mol. The van der Waals surface area contributed by atoms with E-state index in [9.17, 15) is 17.6 Å². The van der Waals surface area contributed by atoms with E-state index in [1.54, 1.807) is 12.3 Å². The first-order valence-electron chi connectivity index (χ1n) is 7.65. The molecule has 1 heterocycles. The molecular formula is C17H14BrFN4O3S. The van der Waals surface area contributed by atoms with Crippen LogP contribution in [0.5, 0.6) is 0 Å². The summed E-state index contributed by atoms with van der Waals surface area (Å²) in [7, 11) is -4.08. The minimum Gasteiger partial charge on any atom is -0.326 e. The highest BCUT2D eigenvalue weighted by Crippen LogP contribution is 2.24. The lowest BCUT2D eigenvalue weighted by Gasteiger charge is -2.11. The summed E-state index contributed by atoms with van der Waals surface area (Å²) in [5, 5.41) is 11.9. The maximum atomic E-state index is 13.7. The van der Waals surface area contributed by atoms with Crippen molar-refractivity contribution in [2.24, 2.45) is 5.14 Å². The number of nitrogens with two attached hydrogens (primary N) is 1. The van der Waals surface area contributed by atoms with Crippen LogP contribution < -0.4 is 10.5 Å². The van der Waals surface area contributed by atoms with Crippen LogP contribution in [-0.2, 0) is 21.2 Å². The number of nitrogens with zero attached hydrogens (tertiary/aromatic N) is 2. The van der Waals surface area contributed by atoms with Crippen molar-refractivity contribution in [3.05, 3.63) is 70.7 Å². The molecule has 140 valence electrons. The second kappa shape index (κ2) is 7.59. The molecule has 10 heteroatoms. The number of benzene rings is 2. The molecule has 3 aromatic rings. The van der Waals surface area contributed by atoms with Gasteiger partial charge in [-0.1, -0.05) is 18.2 Å². The number of halogens is 2. The molecule has 0 spiro atoms. The zero-order valence-corrected chi connectivity index (χ0v) is 16.2. The number of rotatable bonds is 5. The molecular weight excluding hydrogens is 439 g/mol. The third kappa shape index (κ3) is 4.59. The maximum Gasteiger partial charge on any atom is 0.240 e. The number of nitrogens with one attached hydrogen (secondary N) is 1. The Balaban J connectivity index is 1.89. The van der Waals surface area contributed by atoms with Crippen LogP contribution in [0.4, 0.5) is 10.1 Å². The third-order valence-corrected chi connectivity index (χ3v) is 5.01. The molecule has 0 fully saturated rings. The summed E-state index contributed by atoms with van der Waals surface area (Å²) in [6, 6.07) is 10.1. The fourth-order valence-electron chi connectivity index (χ4n) is 2.46. The fraction of sp³-hybridized carbons (Fsp3) is 0.0588. The second-order valence-electron chi connectivity index (χ2n) is 5.65. The lowest BCUT2D eigenvalue weighted by molar-refractivity contribution is -0.115. The lowest BCUT2D eigenvalue weighted by Crippen LogP contribution is -2.18. The molecule has 2 aromatic carbocycles. The Bertz CT molecular complexity index is 1110. The molecule has 0 aliphatic heterocycles. The topological polar surface area (TPSA) is 107 Å². The number of anilines is 1. The first-order valence-corrected chi connectivity index (χ1v) is 9.98. The number of hydrogen-bond acceptors (Lipinski definition) is 4. The molecule has 27 heavy (non-hydrogen) atoms. The van der Waals surface area contributed by atoms with Crippen LogP contribution in [0.25, 0.3) is 5.69 Å². The second-order valence-corrected chi connectivity index (χ2v) is 8.09. The largest absolute Gasteiger partial charge is 0.326 e. The quantitative estimate of drug-likeness (QED) is 0.619. The lowest BCUT2D eigenvalue weighted by atomic mass is 10.1. The normalized spacial score (nSPS) is 11.4. The van der Waals surface area contributed by atoms with Crippen LogP contribution in [-0.4, -0.2) is 24.1 Å². The predicted octanol–water partition coefficient (Wildman–Crippen LogP) is 2.60. The number of sulfonamides is 1. The number of hydrogen-bond donors (Lipinski definition) is 2. The van der Waals surface area contributed by atoms with Gasteiger partial charge in [0.05, 0.1) is 22.8 Å². The molecule has 7 nitrogen and oxygen atoms in total. The smallest absolute Gasteiger partial charge is 0.240 e. The molecule has 0 saturated heterocycles. The summed E-state index contributed by atoms with van der Waals surface area (Å²) in [6.45, 7) is 0. The van der Waals surface area contributed by atoms with E-state index in [1.165, 1.54) is 47.3 Å². The van der Waals surface area contributed by atoms with E-state index >= 15 is 0 Å². The van der Waals surface area contributed by atoms with E-state index in [1.807, 2.05) is 0 Å². The molecule has 0 aliphatic carbocycles. The van der Waals surface area contributed by atoms with E-state index in [0.29, 0.717) is 4.47 Å². The van der Waals surface area contributed by atoms with E-state index < -0.39 is 21.7 Å². The molecule has 1 amide bonds. The molecule has 0 aliphatic rings. The van der Waals surface area contributed by atoms with E-state index in [2.05, 4.69) is 26.3 Å². The van der Waals surface area contributed by atoms with E-state index in [-0.39, 0.29) is 28.3 Å². The molecule has 3 N–H and O–H groups in total. The van der Waals surface area contributed by atoms with Crippen molar-refractivity contribution in [2.45, 2.75) is 11.3 Å². The Morgan fingerprint density at radius 2 is 2.00 bits per heavy atom. The number of carbonyl (C=O) groups is 1. The van der Waals surface area contributed by atoms with Gasteiger partial charge >= 0.3 is 0 Å². The minimum atomic E-state index is -4.08. The highest BCUT2D eigenvalue weighted by Gasteiger charge is 2.18. The van der Waals surface area contributed by atoms with Gasteiger partial charge < -0.3 is 5.32 Å². The average molecular weight is 453 g/mol. The molecule has 0 atom stereocenters. The highest BCUT2D eigenvalue weighted by atomic mass is 79.9. The van der Waals surface area contributed by atoms with Crippen LogP contribution >= 0.6 is 15.9 Å². The van der Waals surface area contributed by atoms with Crippen molar-refractivity contribution in [3.8, 4) is 5.69 Å². The van der Waals surface area contributed by atoms with E-state index in [0.717, 1.165) is 0 Å². The van der Waals surface area contributed by atoms with Crippen LogP contribution in [0, 0.1) is 5.82 Å². The van der Waals surface area contributed by atoms with Gasteiger partial charge in [0, 0.05) is 11.9 Å². The van der Waals surface area contributed by atoms with Crippen molar-refractivity contribution in [1.82, 2.24) is 9.78 Å². The Morgan fingerprint density at radius 3 is 2.63 bits per heavy atom. The first kappa shape index (κ1) is 19.2. The molecule has 0 saturated carbocycles. The molecule has 0 unspecified atom stereocenters. The fourth-order valence-corrected chi connectivity index (χ4v) is 3.49. The monoisotopic (exact) mass is 452 g/mol. The van der Waals surface area contributed by atoms with Gasteiger partial charge in [0.2, 0.25) is 15.9 Å². The molecule has 0 radical (unpaired) electrons. The minimum absolute atomic E-state index is 0.189. The van der Waals surface area contributed by atoms with Gasteiger partial charge in [-0.15, -0.1) is 0 Å². The van der Waals surface area contributed by atoms with Gasteiger partial charge in [-0.3, -0.25) is 4.79 Å². The zero-order valence-electron chi connectivity index (χ0n) is 13.8. The number of amides is 1. The SMILES string of the molecule is NS(=O)(=O)c1cc(NC(=O)Cc2ccccc2F)ccc1-n1cc(Br)cn1. The summed E-state index contributed by atoms with van der Waals surface area (Å²) in [4.78, 5) is 12.0. The standard InChI is InChI=1S/C17H14BrFN4O3S/c18-12-9-21-23(10-12)15-6-5-13(8-16(15)27(20,25)26)22-17(24)7-11-3-1-2-4-14(11)19/h1-6,8-10H,7H2,(H,22,24)(H2,20,25,26). The maximum absolute atomic E-state index is 13.7. The van der Waals surface area contributed by atoms with Gasteiger partial charge in [0.1, 0.15) is 10.7 Å². The molecule has 3 rings (SSSR count). The highest BCUT2D eigenvalue weighted by molar-refractivity contribution is 9.10. The van der Waals surface area contributed by atoms with Crippen LogP contribution in [0.15, 0.2) is 64.2 Å². The van der Waals surface area contributed by atoms with Crippen LogP contribution in [0.2, 0.25) is 0 Å². The summed E-state index contributed by atoms with van der Waals surface area (Å²) in [6.07, 6.45) is 2.88. The van der Waals surface area contributed by atoms with Gasteiger partial charge in [-0.2, -0.15) is 5.10 Å². The molecule has 0 bridgehead atoms. The van der Waals surface area contributed by atoms with Crippen molar-refractivity contribution in [3.63, 3.8) is 0 Å². The van der Waals surface area contributed by atoms with Crippen LogP contribution in [0.1, 0.15) is 5.56 Å². The molecule has 1 aromatic heterocycles. The van der Waals surface area contributed by atoms with Crippen LogP contribution in [0.3, 0.4) is 0 Å². The van der Waals surface area contributed by atoms with Crippen molar-refractivity contribution in [1.29, 1.82) is 0 Å². The summed E-state index contributed by atoms with van der Waals surface area (Å²) in [5.41, 5.74) is 0.685. The van der Waals surface area contributed by atoms with Crippen molar-refractivity contribution >= 4 is 37.5 Å². The first-order chi connectivity index (χ1) is 12.7. The number of primary sulfonamides is 1. The Labute approximate surface area is 163 Å². The summed E-state index contributed by atoms with van der Waals surface area (Å²) in [5.74, 6) is -0.979. The Morgan fingerprint density at radius 1 is 1.26 bits per heavy atom. The van der Waals surface area contributed by atoms with Gasteiger partial charge in [0.25, 0.3) is 0 Å². The van der Waals surface area contributed by atoms with Crippen molar-refractivity contribution < 1.29 is 17.6 Å². The number of aromatic nitrogens is 2. The van der Waals surface area contributed by atoms with Gasteiger partial charge in [-0.25, -0.2) is 22.6 Å².